The summed E-state index contributed by atoms with van der Waals surface area (Å²) in [6.07, 6.45) is 12.2. The van der Waals surface area contributed by atoms with Gasteiger partial charge in [-0.15, -0.1) is 5.10 Å². The summed E-state index contributed by atoms with van der Waals surface area (Å²) in [5, 5.41) is 8.95. The molecular formula is C30H34N6O2. The molecule has 1 aliphatic carbocycles. The van der Waals surface area contributed by atoms with Gasteiger partial charge in [0.25, 0.3) is 0 Å². The standard InChI is InChI=1S/C30H34N6O2/c1-21-17-34(20-31-21)27-14-13-24(16-29(27)38-2)25-19-36(33-32-25)28-15-12-23-10-6-7-11-26(23)35(30(28)37)18-22-8-4-3-5-9-22/h3-5,8-9,13-14,16-17,19-20,23,26,28H,6-7,10-12,15,18H2,1-2H3/t23-,26+,28?/m0/s1. The highest BCUT2D eigenvalue weighted by atomic mass is 16.5. The summed E-state index contributed by atoms with van der Waals surface area (Å²) in [4.78, 5) is 20.5. The molecule has 1 aliphatic heterocycles. The molecule has 2 fully saturated rings. The van der Waals surface area contributed by atoms with Crippen LogP contribution in [0.15, 0.2) is 67.3 Å². The molecule has 4 aromatic rings. The minimum atomic E-state index is -0.347. The molecule has 1 amide bonds. The number of imidazole rings is 1. The number of aryl methyl sites for hydroxylation is 1. The topological polar surface area (TPSA) is 78.1 Å². The van der Waals surface area contributed by atoms with Crippen molar-refractivity contribution in [3.05, 3.63) is 78.5 Å². The van der Waals surface area contributed by atoms with E-state index in [0.717, 1.165) is 47.7 Å². The molecule has 0 radical (unpaired) electrons. The van der Waals surface area contributed by atoms with Gasteiger partial charge < -0.3 is 14.2 Å². The van der Waals surface area contributed by atoms with E-state index >= 15 is 0 Å². The number of aromatic nitrogens is 5. The minimum absolute atomic E-state index is 0.156. The number of nitrogens with zero attached hydrogens (tertiary/aromatic N) is 6. The Morgan fingerprint density at radius 1 is 1.00 bits per heavy atom. The lowest BCUT2D eigenvalue weighted by Crippen LogP contribution is -2.45. The molecule has 0 N–H and O–H groups in total. The number of amides is 1. The number of carbonyl (C=O) groups excluding carboxylic acids is 1. The highest BCUT2D eigenvalue weighted by molar-refractivity contribution is 5.81. The lowest BCUT2D eigenvalue weighted by Gasteiger charge is -2.38. The Balaban J connectivity index is 1.29. The third-order valence-electron chi connectivity index (χ3n) is 8.14. The SMILES string of the molecule is COc1cc(-c2cn(C3CC[C@@H]4CCCC[C@H]4N(Cc4ccccc4)C3=O)nn2)ccc1-n1cnc(C)c1. The van der Waals surface area contributed by atoms with Gasteiger partial charge >= 0.3 is 0 Å². The van der Waals surface area contributed by atoms with E-state index in [1.54, 1.807) is 18.1 Å². The zero-order valence-electron chi connectivity index (χ0n) is 22.0. The van der Waals surface area contributed by atoms with Crippen molar-refractivity contribution < 1.29 is 9.53 Å². The van der Waals surface area contributed by atoms with Gasteiger partial charge in [0.15, 0.2) is 0 Å². The average Bonchev–Trinajstić information content (AvgIpc) is 3.59. The van der Waals surface area contributed by atoms with Crippen molar-refractivity contribution in [2.24, 2.45) is 5.92 Å². The smallest absolute Gasteiger partial charge is 0.248 e. The third kappa shape index (κ3) is 4.71. The molecule has 2 aromatic carbocycles. The van der Waals surface area contributed by atoms with E-state index < -0.39 is 0 Å². The Kier molecular flexibility index (Phi) is 6.70. The zero-order chi connectivity index (χ0) is 26.1. The van der Waals surface area contributed by atoms with Crippen LogP contribution >= 0.6 is 0 Å². The zero-order valence-corrected chi connectivity index (χ0v) is 22.0. The third-order valence-corrected chi connectivity index (χ3v) is 8.14. The van der Waals surface area contributed by atoms with Crippen LogP contribution in [0.2, 0.25) is 0 Å². The van der Waals surface area contributed by atoms with Crippen molar-refractivity contribution in [3.63, 3.8) is 0 Å². The lowest BCUT2D eigenvalue weighted by atomic mass is 9.81. The van der Waals surface area contributed by atoms with Gasteiger partial charge in [0, 0.05) is 24.3 Å². The molecule has 196 valence electrons. The Morgan fingerprint density at radius 2 is 1.84 bits per heavy atom. The van der Waals surface area contributed by atoms with Crippen molar-refractivity contribution in [2.45, 2.75) is 64.1 Å². The predicted octanol–water partition coefficient (Wildman–Crippen LogP) is 5.37. The van der Waals surface area contributed by atoms with Crippen LogP contribution in [0.4, 0.5) is 0 Å². The number of carbonyl (C=O) groups is 1. The van der Waals surface area contributed by atoms with Gasteiger partial charge in [-0.2, -0.15) is 0 Å². The number of fused-ring (bicyclic) bond motifs is 1. The molecule has 38 heavy (non-hydrogen) atoms. The summed E-state index contributed by atoms with van der Waals surface area (Å²) >= 11 is 0. The molecule has 6 rings (SSSR count). The largest absolute Gasteiger partial charge is 0.495 e. The van der Waals surface area contributed by atoms with Crippen molar-refractivity contribution in [2.75, 3.05) is 7.11 Å². The molecule has 2 aromatic heterocycles. The first-order valence-electron chi connectivity index (χ1n) is 13.6. The first-order valence-corrected chi connectivity index (χ1v) is 13.6. The van der Waals surface area contributed by atoms with E-state index in [9.17, 15) is 4.79 Å². The van der Waals surface area contributed by atoms with Gasteiger partial charge in [0.05, 0.1) is 31.0 Å². The van der Waals surface area contributed by atoms with Crippen molar-refractivity contribution >= 4 is 5.91 Å². The van der Waals surface area contributed by atoms with Gasteiger partial charge in [-0.05, 0) is 56.2 Å². The molecule has 0 spiro atoms. The monoisotopic (exact) mass is 510 g/mol. The maximum atomic E-state index is 14.1. The molecule has 1 saturated heterocycles. The molecule has 2 aliphatic rings. The Morgan fingerprint density at radius 3 is 2.63 bits per heavy atom. The summed E-state index contributed by atoms with van der Waals surface area (Å²) in [7, 11) is 1.66. The van der Waals surface area contributed by atoms with Crippen LogP contribution in [0.25, 0.3) is 16.9 Å². The van der Waals surface area contributed by atoms with Crippen LogP contribution in [0.5, 0.6) is 5.75 Å². The molecular weight excluding hydrogens is 476 g/mol. The van der Waals surface area contributed by atoms with Crippen molar-refractivity contribution in [1.29, 1.82) is 0 Å². The summed E-state index contributed by atoms with van der Waals surface area (Å²) in [6.45, 7) is 2.60. The van der Waals surface area contributed by atoms with Crippen LogP contribution in [-0.2, 0) is 11.3 Å². The second kappa shape index (κ2) is 10.4. The second-order valence-corrected chi connectivity index (χ2v) is 10.5. The van der Waals surface area contributed by atoms with Crippen LogP contribution < -0.4 is 4.74 Å². The summed E-state index contributed by atoms with van der Waals surface area (Å²) in [5.74, 6) is 1.43. The second-order valence-electron chi connectivity index (χ2n) is 10.5. The fraction of sp³-hybridized carbons (Fsp3) is 0.400. The predicted molar refractivity (Wildman–Crippen MR) is 145 cm³/mol. The van der Waals surface area contributed by atoms with Crippen LogP contribution in [-0.4, -0.2) is 48.5 Å². The first kappa shape index (κ1) is 24.4. The molecule has 3 atom stereocenters. The molecule has 3 heterocycles. The van der Waals surface area contributed by atoms with E-state index in [2.05, 4.69) is 32.3 Å². The summed E-state index contributed by atoms with van der Waals surface area (Å²) in [6, 6.07) is 16.3. The maximum absolute atomic E-state index is 14.1. The molecule has 0 bridgehead atoms. The van der Waals surface area contributed by atoms with E-state index in [0.29, 0.717) is 18.5 Å². The van der Waals surface area contributed by atoms with E-state index in [4.69, 9.17) is 4.74 Å². The van der Waals surface area contributed by atoms with Crippen molar-refractivity contribution in [1.82, 2.24) is 29.4 Å². The van der Waals surface area contributed by atoms with Crippen molar-refractivity contribution in [3.8, 4) is 22.7 Å². The molecule has 1 saturated carbocycles. The van der Waals surface area contributed by atoms with E-state index in [1.165, 1.54) is 24.8 Å². The average molecular weight is 511 g/mol. The number of hydrogen-bond donors (Lipinski definition) is 0. The van der Waals surface area contributed by atoms with Gasteiger partial charge in [-0.3, -0.25) is 4.79 Å². The number of methoxy groups -OCH3 is 1. The van der Waals surface area contributed by atoms with Gasteiger partial charge in [0.2, 0.25) is 5.91 Å². The maximum Gasteiger partial charge on any atom is 0.248 e. The Labute approximate surface area is 223 Å². The summed E-state index contributed by atoms with van der Waals surface area (Å²) in [5.41, 5.74) is 4.63. The fourth-order valence-corrected chi connectivity index (χ4v) is 6.17. The van der Waals surface area contributed by atoms with Crippen LogP contribution in [0, 0.1) is 12.8 Å². The number of benzene rings is 2. The normalized spacial score (nSPS) is 21.7. The van der Waals surface area contributed by atoms with Gasteiger partial charge in [-0.1, -0.05) is 54.5 Å². The highest BCUT2D eigenvalue weighted by Gasteiger charge is 2.40. The van der Waals surface area contributed by atoms with E-state index in [1.807, 2.05) is 60.3 Å². The Bertz CT molecular complexity index is 1410. The number of ether oxygens (including phenoxy) is 1. The number of likely N-dealkylation sites (tertiary alicyclic amines) is 1. The molecule has 8 heteroatoms. The first-order chi connectivity index (χ1) is 18.6. The van der Waals surface area contributed by atoms with Crippen LogP contribution in [0.1, 0.15) is 55.8 Å². The minimum Gasteiger partial charge on any atom is -0.495 e. The number of hydrogen-bond acceptors (Lipinski definition) is 5. The van der Waals surface area contributed by atoms with Gasteiger partial charge in [-0.25, -0.2) is 9.67 Å². The summed E-state index contributed by atoms with van der Waals surface area (Å²) < 4.78 is 9.42. The molecule has 1 unspecified atom stereocenters. The fourth-order valence-electron chi connectivity index (χ4n) is 6.17. The van der Waals surface area contributed by atoms with E-state index in [-0.39, 0.29) is 11.9 Å². The lowest BCUT2D eigenvalue weighted by molar-refractivity contribution is -0.138. The van der Waals surface area contributed by atoms with Crippen LogP contribution in [0.3, 0.4) is 0 Å². The Hall–Kier alpha value is -3.94. The quantitative estimate of drug-likeness (QED) is 0.348. The van der Waals surface area contributed by atoms with Gasteiger partial charge in [0.1, 0.15) is 17.5 Å². The highest BCUT2D eigenvalue weighted by Crippen LogP contribution is 2.39. The number of rotatable bonds is 6. The molecule has 8 nitrogen and oxygen atoms in total.